The molecule has 1 amide bonds. The van der Waals surface area contributed by atoms with E-state index >= 15 is 0 Å². The van der Waals surface area contributed by atoms with Gasteiger partial charge < -0.3 is 9.47 Å². The third-order valence-corrected chi connectivity index (χ3v) is 4.96. The van der Waals surface area contributed by atoms with Crippen molar-refractivity contribution >= 4 is 28.2 Å². The smallest absolute Gasteiger partial charge is 0.259 e. The van der Waals surface area contributed by atoms with Crippen molar-refractivity contribution in [2.75, 3.05) is 17.3 Å². The molecule has 1 aromatic carbocycles. The highest BCUT2D eigenvalue weighted by Crippen LogP contribution is 2.15. The van der Waals surface area contributed by atoms with E-state index in [2.05, 4.69) is 42.2 Å². The first-order valence-corrected chi connectivity index (χ1v) is 9.85. The van der Waals surface area contributed by atoms with Crippen LogP contribution < -0.4 is 10.2 Å². The molecule has 4 rings (SSSR count). The minimum absolute atomic E-state index is 0.262. The first-order valence-electron chi connectivity index (χ1n) is 8.97. The molecule has 0 radical (unpaired) electrons. The van der Waals surface area contributed by atoms with Crippen molar-refractivity contribution in [2.45, 2.75) is 13.1 Å². The fraction of sp³-hybridized carbons (Fsp3) is 0.150. The highest BCUT2D eigenvalue weighted by molar-refractivity contribution is 7.13. The first-order chi connectivity index (χ1) is 14.2. The summed E-state index contributed by atoms with van der Waals surface area (Å²) in [4.78, 5) is 23.1. The topological polar surface area (TPSA) is 88.8 Å². The number of nitrogens with one attached hydrogen (secondary N) is 1. The Morgan fingerprint density at radius 2 is 2.03 bits per heavy atom. The lowest BCUT2D eigenvalue weighted by Crippen LogP contribution is -2.21. The van der Waals surface area contributed by atoms with Crippen LogP contribution in [0.2, 0.25) is 0 Å². The maximum Gasteiger partial charge on any atom is 0.259 e. The minimum atomic E-state index is -0.262. The predicted molar refractivity (Wildman–Crippen MR) is 112 cm³/mol. The van der Waals surface area contributed by atoms with E-state index in [-0.39, 0.29) is 5.91 Å². The van der Waals surface area contributed by atoms with Gasteiger partial charge in [-0.25, -0.2) is 9.97 Å². The largest absolute Gasteiger partial charge is 0.352 e. The maximum absolute atomic E-state index is 12.2. The summed E-state index contributed by atoms with van der Waals surface area (Å²) in [5, 5.41) is 10.7. The van der Waals surface area contributed by atoms with E-state index in [1.54, 1.807) is 24.0 Å². The van der Waals surface area contributed by atoms with Gasteiger partial charge in [-0.15, -0.1) is 10.2 Å². The SMILES string of the molecule is CN(Cc1nccn1Cc1ccccc1)c1ccc(C(=O)Nc2nncs2)cn1. The Morgan fingerprint density at radius 3 is 2.76 bits per heavy atom. The number of imidazole rings is 1. The normalized spacial score (nSPS) is 10.7. The molecule has 0 aliphatic rings. The average molecular weight is 405 g/mol. The molecule has 0 saturated carbocycles. The first kappa shape index (κ1) is 18.8. The molecule has 8 nitrogen and oxygen atoms in total. The van der Waals surface area contributed by atoms with E-state index in [1.165, 1.54) is 16.9 Å². The van der Waals surface area contributed by atoms with E-state index < -0.39 is 0 Å². The zero-order chi connectivity index (χ0) is 20.1. The van der Waals surface area contributed by atoms with Crippen LogP contribution in [0, 0.1) is 0 Å². The number of aromatic nitrogens is 5. The molecule has 0 fully saturated rings. The van der Waals surface area contributed by atoms with Crippen LogP contribution in [0.25, 0.3) is 0 Å². The number of carbonyl (C=O) groups is 1. The number of amides is 1. The number of benzene rings is 1. The van der Waals surface area contributed by atoms with Crippen molar-refractivity contribution in [3.63, 3.8) is 0 Å². The molecular formula is C20H19N7OS. The van der Waals surface area contributed by atoms with Gasteiger partial charge in [0.1, 0.15) is 17.2 Å². The molecule has 0 aliphatic heterocycles. The Hall–Kier alpha value is -3.59. The molecule has 0 spiro atoms. The summed E-state index contributed by atoms with van der Waals surface area (Å²) in [5.41, 5.74) is 3.24. The number of hydrogen-bond acceptors (Lipinski definition) is 7. The van der Waals surface area contributed by atoms with Crippen molar-refractivity contribution < 1.29 is 4.79 Å². The standard InChI is InChI=1S/C20H19N7OS/c1-26(13-18-21-9-10-27(18)12-15-5-3-2-4-6-15)17-8-7-16(11-22-17)19(28)24-20-25-23-14-29-20/h2-11,14H,12-13H2,1H3,(H,24,25,28). The van der Waals surface area contributed by atoms with Gasteiger partial charge in [0.25, 0.3) is 5.91 Å². The quantitative estimate of drug-likeness (QED) is 0.508. The fourth-order valence-electron chi connectivity index (χ4n) is 2.85. The Balaban J connectivity index is 1.41. The third kappa shape index (κ3) is 4.64. The fourth-order valence-corrected chi connectivity index (χ4v) is 3.29. The Labute approximate surface area is 171 Å². The Morgan fingerprint density at radius 1 is 1.17 bits per heavy atom. The molecule has 1 N–H and O–H groups in total. The molecule has 0 atom stereocenters. The summed E-state index contributed by atoms with van der Waals surface area (Å²) in [6.07, 6.45) is 5.34. The molecule has 9 heteroatoms. The third-order valence-electron chi connectivity index (χ3n) is 4.36. The number of anilines is 2. The second-order valence-corrected chi connectivity index (χ2v) is 7.25. The zero-order valence-electron chi connectivity index (χ0n) is 15.8. The second-order valence-electron chi connectivity index (χ2n) is 6.42. The Kier molecular flexibility index (Phi) is 5.57. The van der Waals surface area contributed by atoms with Crippen LogP contribution in [0.3, 0.4) is 0 Å². The number of hydrogen-bond donors (Lipinski definition) is 1. The summed E-state index contributed by atoms with van der Waals surface area (Å²) < 4.78 is 2.12. The van der Waals surface area contributed by atoms with Gasteiger partial charge in [0.15, 0.2) is 0 Å². The van der Waals surface area contributed by atoms with Crippen molar-refractivity contribution in [3.8, 4) is 0 Å². The number of rotatable bonds is 7. The molecule has 3 aromatic heterocycles. The summed E-state index contributed by atoms with van der Waals surface area (Å²) in [6.45, 7) is 1.37. The van der Waals surface area contributed by atoms with E-state index in [9.17, 15) is 4.79 Å². The molecule has 0 unspecified atom stereocenters. The van der Waals surface area contributed by atoms with Gasteiger partial charge in [0, 0.05) is 32.2 Å². The van der Waals surface area contributed by atoms with Gasteiger partial charge in [-0.05, 0) is 17.7 Å². The van der Waals surface area contributed by atoms with Crippen LogP contribution in [0.1, 0.15) is 21.7 Å². The van der Waals surface area contributed by atoms with E-state index in [4.69, 9.17) is 0 Å². The molecule has 0 aliphatic carbocycles. The lowest BCUT2D eigenvalue weighted by molar-refractivity contribution is 0.102. The summed E-state index contributed by atoms with van der Waals surface area (Å²) in [6, 6.07) is 13.8. The van der Waals surface area contributed by atoms with Gasteiger partial charge in [-0.3, -0.25) is 10.1 Å². The van der Waals surface area contributed by atoms with Crippen LogP contribution in [-0.4, -0.2) is 37.7 Å². The number of pyridine rings is 1. The summed E-state index contributed by atoms with van der Waals surface area (Å²) in [7, 11) is 1.95. The zero-order valence-corrected chi connectivity index (χ0v) is 16.6. The van der Waals surface area contributed by atoms with Crippen LogP contribution in [-0.2, 0) is 13.1 Å². The highest BCUT2D eigenvalue weighted by atomic mass is 32.1. The van der Waals surface area contributed by atoms with Crippen molar-refractivity contribution in [3.05, 3.63) is 83.5 Å². The summed E-state index contributed by atoms with van der Waals surface area (Å²) in [5.74, 6) is 1.44. The lowest BCUT2D eigenvalue weighted by Gasteiger charge is -2.19. The van der Waals surface area contributed by atoms with Crippen LogP contribution in [0.5, 0.6) is 0 Å². The molecule has 0 saturated heterocycles. The van der Waals surface area contributed by atoms with Crippen LogP contribution in [0.4, 0.5) is 10.9 Å². The van der Waals surface area contributed by atoms with Gasteiger partial charge >= 0.3 is 0 Å². The van der Waals surface area contributed by atoms with Crippen molar-refractivity contribution in [1.82, 2.24) is 24.7 Å². The van der Waals surface area contributed by atoms with Crippen molar-refractivity contribution in [1.29, 1.82) is 0 Å². The summed E-state index contributed by atoms with van der Waals surface area (Å²) >= 11 is 1.27. The monoisotopic (exact) mass is 405 g/mol. The molecule has 29 heavy (non-hydrogen) atoms. The second kappa shape index (κ2) is 8.61. The molecule has 0 bridgehead atoms. The van der Waals surface area contributed by atoms with Crippen LogP contribution in [0.15, 0.2) is 66.6 Å². The van der Waals surface area contributed by atoms with Gasteiger partial charge in [-0.1, -0.05) is 41.7 Å². The molecular weight excluding hydrogens is 386 g/mol. The number of nitrogens with zero attached hydrogens (tertiary/aromatic N) is 6. The minimum Gasteiger partial charge on any atom is -0.352 e. The van der Waals surface area contributed by atoms with E-state index in [0.717, 1.165) is 18.2 Å². The van der Waals surface area contributed by atoms with Gasteiger partial charge in [-0.2, -0.15) is 0 Å². The Bertz CT molecular complexity index is 1060. The van der Waals surface area contributed by atoms with Gasteiger partial charge in [0.2, 0.25) is 5.13 Å². The predicted octanol–water partition coefficient (Wildman–Crippen LogP) is 3.07. The van der Waals surface area contributed by atoms with Crippen LogP contribution >= 0.6 is 11.3 Å². The van der Waals surface area contributed by atoms with Gasteiger partial charge in [0.05, 0.1) is 12.1 Å². The lowest BCUT2D eigenvalue weighted by atomic mass is 10.2. The molecule has 4 aromatic rings. The molecule has 3 heterocycles. The van der Waals surface area contributed by atoms with E-state index in [0.29, 0.717) is 17.2 Å². The highest BCUT2D eigenvalue weighted by Gasteiger charge is 2.12. The van der Waals surface area contributed by atoms with Crippen molar-refractivity contribution in [2.24, 2.45) is 0 Å². The maximum atomic E-state index is 12.2. The number of carbonyl (C=O) groups excluding carboxylic acids is 1. The molecule has 146 valence electrons. The van der Waals surface area contributed by atoms with E-state index in [1.807, 2.05) is 42.4 Å². The average Bonchev–Trinajstić information content (AvgIpc) is 3.41.